The molecular weight excluding hydrogens is 284 g/mol. The zero-order valence-corrected chi connectivity index (χ0v) is 12.1. The fraction of sp³-hybridized carbons (Fsp3) is 0.312. The number of carbonyl (C=O) groups excluding carboxylic acids is 1. The Morgan fingerprint density at radius 1 is 1.27 bits per heavy atom. The number of nitrogens with zero attached hydrogens (tertiary/aromatic N) is 1. The molecule has 0 unspecified atom stereocenters. The fourth-order valence-electron chi connectivity index (χ4n) is 2.80. The van der Waals surface area contributed by atoms with Gasteiger partial charge < -0.3 is 15.0 Å². The van der Waals surface area contributed by atoms with Crippen molar-refractivity contribution in [3.8, 4) is 0 Å². The lowest BCUT2D eigenvalue weighted by Crippen LogP contribution is -2.46. The third kappa shape index (κ3) is 2.36. The number of carboxylic acids is 1. The number of amides is 1. The van der Waals surface area contributed by atoms with Gasteiger partial charge >= 0.3 is 5.97 Å². The number of rotatable bonds is 3. The Morgan fingerprint density at radius 3 is 2.64 bits per heavy atom. The van der Waals surface area contributed by atoms with Gasteiger partial charge in [0.25, 0.3) is 11.5 Å². The number of aromatic nitrogens is 1. The number of carboxylic acid groups (broad SMARTS) is 1. The Balaban J connectivity index is 1.88. The first-order chi connectivity index (χ1) is 10.5. The van der Waals surface area contributed by atoms with Gasteiger partial charge in [-0.2, -0.15) is 0 Å². The van der Waals surface area contributed by atoms with Gasteiger partial charge in [0.2, 0.25) is 0 Å². The summed E-state index contributed by atoms with van der Waals surface area (Å²) in [6.45, 7) is 0. The number of carbonyl (C=O) groups is 2. The third-order valence-corrected chi connectivity index (χ3v) is 4.22. The van der Waals surface area contributed by atoms with Crippen molar-refractivity contribution in [2.75, 3.05) is 0 Å². The van der Waals surface area contributed by atoms with Crippen LogP contribution in [0.3, 0.4) is 0 Å². The maximum Gasteiger partial charge on any atom is 0.306 e. The highest BCUT2D eigenvalue weighted by atomic mass is 16.4. The van der Waals surface area contributed by atoms with Crippen LogP contribution in [-0.2, 0) is 11.8 Å². The molecule has 0 aliphatic heterocycles. The molecule has 1 heterocycles. The molecule has 0 spiro atoms. The summed E-state index contributed by atoms with van der Waals surface area (Å²) < 4.78 is 1.50. The van der Waals surface area contributed by atoms with Gasteiger partial charge in [0.1, 0.15) is 0 Å². The van der Waals surface area contributed by atoms with Crippen LogP contribution < -0.4 is 10.9 Å². The first kappa shape index (κ1) is 14.3. The minimum absolute atomic E-state index is 0.142. The first-order valence-electron chi connectivity index (χ1n) is 7.10. The zero-order chi connectivity index (χ0) is 15.9. The van der Waals surface area contributed by atoms with Crippen LogP contribution >= 0.6 is 0 Å². The topological polar surface area (TPSA) is 88.4 Å². The second-order valence-electron chi connectivity index (χ2n) is 5.65. The summed E-state index contributed by atoms with van der Waals surface area (Å²) in [5.41, 5.74) is 0.774. The van der Waals surface area contributed by atoms with Gasteiger partial charge in [-0.05, 0) is 18.9 Å². The van der Waals surface area contributed by atoms with Gasteiger partial charge in [0, 0.05) is 24.5 Å². The van der Waals surface area contributed by atoms with Crippen LogP contribution in [0.4, 0.5) is 0 Å². The van der Waals surface area contributed by atoms with E-state index in [4.69, 9.17) is 5.11 Å². The summed E-state index contributed by atoms with van der Waals surface area (Å²) in [6, 6.07) is 8.39. The standard InChI is InChI=1S/C16H16N2O4/c1-18-13-5-3-2-4-11(13)12(8-14(18)19)15(20)17-10-6-9(7-10)16(21)22/h2-5,8-10H,6-7H2,1H3,(H,17,20)(H,21,22). The van der Waals surface area contributed by atoms with Crippen molar-refractivity contribution in [2.24, 2.45) is 13.0 Å². The van der Waals surface area contributed by atoms with Gasteiger partial charge in [0.05, 0.1) is 17.0 Å². The zero-order valence-electron chi connectivity index (χ0n) is 12.1. The lowest BCUT2D eigenvalue weighted by atomic mass is 9.80. The monoisotopic (exact) mass is 300 g/mol. The van der Waals surface area contributed by atoms with E-state index in [0.29, 0.717) is 29.3 Å². The minimum Gasteiger partial charge on any atom is -0.481 e. The molecule has 1 saturated carbocycles. The number of hydrogen-bond donors (Lipinski definition) is 2. The molecular formula is C16H16N2O4. The molecule has 6 nitrogen and oxygen atoms in total. The van der Waals surface area contributed by atoms with E-state index in [9.17, 15) is 14.4 Å². The van der Waals surface area contributed by atoms with Crippen molar-refractivity contribution in [3.05, 3.63) is 46.2 Å². The quantitative estimate of drug-likeness (QED) is 0.889. The Morgan fingerprint density at radius 2 is 1.95 bits per heavy atom. The van der Waals surface area contributed by atoms with Crippen LogP contribution in [0, 0.1) is 5.92 Å². The van der Waals surface area contributed by atoms with Gasteiger partial charge in [-0.15, -0.1) is 0 Å². The van der Waals surface area contributed by atoms with E-state index in [-0.39, 0.29) is 23.4 Å². The Bertz CT molecular complexity index is 818. The van der Waals surface area contributed by atoms with Crippen LogP contribution in [-0.4, -0.2) is 27.6 Å². The van der Waals surface area contributed by atoms with Crippen molar-refractivity contribution in [1.82, 2.24) is 9.88 Å². The van der Waals surface area contributed by atoms with E-state index in [0.717, 1.165) is 0 Å². The van der Waals surface area contributed by atoms with E-state index in [1.807, 2.05) is 12.1 Å². The molecule has 114 valence electrons. The van der Waals surface area contributed by atoms with Crippen LogP contribution in [0.2, 0.25) is 0 Å². The van der Waals surface area contributed by atoms with Crippen molar-refractivity contribution in [1.29, 1.82) is 0 Å². The van der Waals surface area contributed by atoms with Crippen molar-refractivity contribution < 1.29 is 14.7 Å². The number of aryl methyl sites for hydroxylation is 1. The SMILES string of the molecule is Cn1c(=O)cc(C(=O)NC2CC(C(=O)O)C2)c2ccccc21. The number of pyridine rings is 1. The summed E-state index contributed by atoms with van der Waals surface area (Å²) in [5, 5.41) is 12.4. The predicted molar refractivity (Wildman–Crippen MR) is 80.8 cm³/mol. The fourth-order valence-corrected chi connectivity index (χ4v) is 2.80. The van der Waals surface area contributed by atoms with Crippen molar-refractivity contribution in [3.63, 3.8) is 0 Å². The van der Waals surface area contributed by atoms with Gasteiger partial charge in [0.15, 0.2) is 0 Å². The molecule has 1 fully saturated rings. The van der Waals surface area contributed by atoms with Crippen LogP contribution in [0.25, 0.3) is 10.9 Å². The van der Waals surface area contributed by atoms with Crippen LogP contribution in [0.5, 0.6) is 0 Å². The third-order valence-electron chi connectivity index (χ3n) is 4.22. The smallest absolute Gasteiger partial charge is 0.306 e. The molecule has 0 radical (unpaired) electrons. The van der Waals surface area contributed by atoms with Gasteiger partial charge in [-0.1, -0.05) is 18.2 Å². The maximum absolute atomic E-state index is 12.4. The van der Waals surface area contributed by atoms with Crippen LogP contribution in [0.1, 0.15) is 23.2 Å². The molecule has 2 aromatic rings. The molecule has 1 aromatic carbocycles. The highest BCUT2D eigenvalue weighted by Gasteiger charge is 2.35. The predicted octanol–water partition coefficient (Wildman–Crippen LogP) is 1.13. The molecule has 3 rings (SSSR count). The van der Waals surface area contributed by atoms with E-state index in [1.54, 1.807) is 19.2 Å². The summed E-state index contributed by atoms with van der Waals surface area (Å²) in [6.07, 6.45) is 0.869. The van der Waals surface area contributed by atoms with Gasteiger partial charge in [-0.25, -0.2) is 0 Å². The number of benzene rings is 1. The molecule has 0 saturated heterocycles. The van der Waals surface area contributed by atoms with E-state index >= 15 is 0 Å². The van der Waals surface area contributed by atoms with Crippen molar-refractivity contribution >= 4 is 22.8 Å². The average molecular weight is 300 g/mol. The number of para-hydroxylation sites is 1. The normalized spacial score (nSPS) is 20.4. The van der Waals surface area contributed by atoms with E-state index in [1.165, 1.54) is 10.6 Å². The average Bonchev–Trinajstić information content (AvgIpc) is 2.45. The molecule has 1 aliphatic carbocycles. The number of hydrogen-bond acceptors (Lipinski definition) is 3. The second kappa shape index (κ2) is 5.29. The molecule has 2 N–H and O–H groups in total. The largest absolute Gasteiger partial charge is 0.481 e. The first-order valence-corrected chi connectivity index (χ1v) is 7.10. The second-order valence-corrected chi connectivity index (χ2v) is 5.65. The molecule has 22 heavy (non-hydrogen) atoms. The van der Waals surface area contributed by atoms with E-state index < -0.39 is 5.97 Å². The number of fused-ring (bicyclic) bond motifs is 1. The molecule has 0 atom stereocenters. The molecule has 1 aliphatic rings. The van der Waals surface area contributed by atoms with E-state index in [2.05, 4.69) is 5.32 Å². The summed E-state index contributed by atoms with van der Waals surface area (Å²) in [7, 11) is 1.66. The highest BCUT2D eigenvalue weighted by molar-refractivity contribution is 6.06. The maximum atomic E-state index is 12.4. The summed E-state index contributed by atoms with van der Waals surface area (Å²) in [5.74, 6) is -1.54. The van der Waals surface area contributed by atoms with Crippen LogP contribution in [0.15, 0.2) is 35.1 Å². The lowest BCUT2D eigenvalue weighted by Gasteiger charge is -2.32. The number of aliphatic carboxylic acids is 1. The molecule has 1 aromatic heterocycles. The highest BCUT2D eigenvalue weighted by Crippen LogP contribution is 2.28. The molecule has 1 amide bonds. The Kier molecular flexibility index (Phi) is 3.44. The van der Waals surface area contributed by atoms with Crippen molar-refractivity contribution in [2.45, 2.75) is 18.9 Å². The molecule has 6 heteroatoms. The summed E-state index contributed by atoms with van der Waals surface area (Å²) >= 11 is 0. The van der Waals surface area contributed by atoms with Gasteiger partial charge in [-0.3, -0.25) is 14.4 Å². The lowest BCUT2D eigenvalue weighted by molar-refractivity contribution is -0.145. The Labute approximate surface area is 126 Å². The summed E-state index contributed by atoms with van der Waals surface area (Å²) in [4.78, 5) is 35.2. The Hall–Kier alpha value is -2.63. The number of nitrogens with one attached hydrogen (secondary N) is 1. The molecule has 0 bridgehead atoms. The minimum atomic E-state index is -0.829.